The van der Waals surface area contributed by atoms with E-state index < -0.39 is 0 Å². The largest absolute Gasteiger partial charge is 0.336 e. The van der Waals surface area contributed by atoms with Crippen LogP contribution in [-0.2, 0) is 6.54 Å². The van der Waals surface area contributed by atoms with Gasteiger partial charge in [-0.25, -0.2) is 9.78 Å². The van der Waals surface area contributed by atoms with Crippen molar-refractivity contribution in [1.29, 1.82) is 5.26 Å². The van der Waals surface area contributed by atoms with Crippen LogP contribution in [0.4, 0.5) is 16.2 Å². The number of para-hydroxylation sites is 2. The molecule has 164 valence electrons. The van der Waals surface area contributed by atoms with Gasteiger partial charge in [0.15, 0.2) is 0 Å². The molecule has 0 spiro atoms. The molecule has 4 aromatic rings. The van der Waals surface area contributed by atoms with Gasteiger partial charge in [0.2, 0.25) is 0 Å². The molecule has 33 heavy (non-hydrogen) atoms. The minimum Gasteiger partial charge on any atom is -0.336 e. The summed E-state index contributed by atoms with van der Waals surface area (Å²) in [6, 6.07) is 22.9. The molecule has 0 aliphatic carbocycles. The highest BCUT2D eigenvalue weighted by atomic mass is 16.2. The number of carbonyl (C=O) groups excluding carboxylic acids is 2. The number of aryl methyl sites for hydroxylation is 1. The maximum absolute atomic E-state index is 12.6. The van der Waals surface area contributed by atoms with Crippen LogP contribution in [0.25, 0.3) is 11.0 Å². The molecule has 0 fully saturated rings. The molecule has 3 N–H and O–H groups in total. The van der Waals surface area contributed by atoms with Crippen LogP contribution >= 0.6 is 0 Å². The third-order valence-electron chi connectivity index (χ3n) is 5.10. The predicted molar refractivity (Wildman–Crippen MR) is 127 cm³/mol. The molecule has 4 rings (SSSR count). The van der Waals surface area contributed by atoms with Crippen molar-refractivity contribution in [3.63, 3.8) is 0 Å². The Balaban J connectivity index is 1.34. The second-order valence-corrected chi connectivity index (χ2v) is 7.41. The van der Waals surface area contributed by atoms with Gasteiger partial charge in [-0.15, -0.1) is 0 Å². The van der Waals surface area contributed by atoms with Gasteiger partial charge >= 0.3 is 6.03 Å². The second-order valence-electron chi connectivity index (χ2n) is 7.41. The van der Waals surface area contributed by atoms with Crippen molar-refractivity contribution in [1.82, 2.24) is 14.9 Å². The monoisotopic (exact) mass is 438 g/mol. The lowest BCUT2D eigenvalue weighted by Gasteiger charge is -2.11. The van der Waals surface area contributed by atoms with E-state index in [0.29, 0.717) is 35.6 Å². The van der Waals surface area contributed by atoms with Crippen molar-refractivity contribution in [3.8, 4) is 6.07 Å². The first kappa shape index (κ1) is 21.6. The number of carbonyl (C=O) groups is 2. The molecular formula is C25H22N6O2. The van der Waals surface area contributed by atoms with Crippen molar-refractivity contribution in [2.75, 3.05) is 17.2 Å². The summed E-state index contributed by atoms with van der Waals surface area (Å²) in [6.07, 6.45) is 0. The number of fused-ring (bicyclic) bond motifs is 1. The lowest BCUT2D eigenvalue weighted by Crippen LogP contribution is -2.31. The Bertz CT molecular complexity index is 1370. The molecule has 0 saturated carbocycles. The molecule has 0 aliphatic heterocycles. The number of urea groups is 1. The van der Waals surface area contributed by atoms with Gasteiger partial charge in [0.05, 0.1) is 22.7 Å². The highest BCUT2D eigenvalue weighted by Crippen LogP contribution is 2.16. The zero-order valence-corrected chi connectivity index (χ0v) is 18.0. The van der Waals surface area contributed by atoms with Crippen molar-refractivity contribution in [3.05, 3.63) is 89.7 Å². The number of rotatable bonds is 6. The van der Waals surface area contributed by atoms with Crippen LogP contribution in [0.5, 0.6) is 0 Å². The van der Waals surface area contributed by atoms with Crippen LogP contribution < -0.4 is 16.0 Å². The summed E-state index contributed by atoms with van der Waals surface area (Å²) in [5.74, 6) is 0.550. The predicted octanol–water partition coefficient (Wildman–Crippen LogP) is 4.29. The Hall–Kier alpha value is -4.64. The van der Waals surface area contributed by atoms with Gasteiger partial charge in [0.1, 0.15) is 5.82 Å². The molecule has 3 amide bonds. The summed E-state index contributed by atoms with van der Waals surface area (Å²) in [7, 11) is 0. The third kappa shape index (κ3) is 5.17. The summed E-state index contributed by atoms with van der Waals surface area (Å²) >= 11 is 0. The minimum absolute atomic E-state index is 0.336. The topological polar surface area (TPSA) is 112 Å². The third-order valence-corrected chi connectivity index (χ3v) is 5.10. The van der Waals surface area contributed by atoms with E-state index >= 15 is 0 Å². The van der Waals surface area contributed by atoms with E-state index in [0.717, 1.165) is 16.9 Å². The van der Waals surface area contributed by atoms with E-state index in [1.54, 1.807) is 48.5 Å². The van der Waals surface area contributed by atoms with E-state index in [1.807, 2.05) is 37.3 Å². The maximum Gasteiger partial charge on any atom is 0.319 e. The zero-order valence-electron chi connectivity index (χ0n) is 18.0. The van der Waals surface area contributed by atoms with Gasteiger partial charge in [-0.05, 0) is 55.5 Å². The van der Waals surface area contributed by atoms with Crippen LogP contribution in [0.15, 0.2) is 72.8 Å². The van der Waals surface area contributed by atoms with Gasteiger partial charge in [0.25, 0.3) is 5.91 Å². The van der Waals surface area contributed by atoms with E-state index in [9.17, 15) is 9.59 Å². The summed E-state index contributed by atoms with van der Waals surface area (Å²) in [4.78, 5) is 29.4. The number of nitriles is 1. The van der Waals surface area contributed by atoms with Crippen molar-refractivity contribution >= 4 is 34.3 Å². The van der Waals surface area contributed by atoms with Crippen LogP contribution in [0.2, 0.25) is 0 Å². The summed E-state index contributed by atoms with van der Waals surface area (Å²) < 4.78 is 2.06. The van der Waals surface area contributed by atoms with Crippen LogP contribution in [0.1, 0.15) is 21.7 Å². The molecule has 0 unspecified atom stereocenters. The van der Waals surface area contributed by atoms with Crippen molar-refractivity contribution in [2.24, 2.45) is 0 Å². The van der Waals surface area contributed by atoms with E-state index in [4.69, 9.17) is 5.26 Å². The Kier molecular flexibility index (Phi) is 6.32. The SMILES string of the molecule is Cc1nc2ccccc2n1CCNC(=O)Nc1cccc(C(=O)Nc2cccc(C#N)c2)c1. The van der Waals surface area contributed by atoms with Crippen molar-refractivity contribution < 1.29 is 9.59 Å². The number of benzene rings is 3. The number of anilines is 2. The average molecular weight is 438 g/mol. The fraction of sp³-hybridized carbons (Fsp3) is 0.120. The molecule has 0 saturated heterocycles. The average Bonchev–Trinajstić information content (AvgIpc) is 3.14. The van der Waals surface area contributed by atoms with E-state index in [2.05, 4.69) is 25.5 Å². The normalized spacial score (nSPS) is 10.4. The zero-order chi connectivity index (χ0) is 23.2. The molecule has 0 bridgehead atoms. The molecule has 1 aromatic heterocycles. The van der Waals surface area contributed by atoms with Gasteiger partial charge in [-0.1, -0.05) is 24.3 Å². The molecule has 8 nitrogen and oxygen atoms in total. The van der Waals surface area contributed by atoms with Gasteiger partial charge < -0.3 is 20.5 Å². The highest BCUT2D eigenvalue weighted by molar-refractivity contribution is 6.05. The molecule has 0 atom stereocenters. The second kappa shape index (κ2) is 9.66. The maximum atomic E-state index is 12.6. The Morgan fingerprint density at radius 3 is 2.55 bits per heavy atom. The number of hydrogen-bond donors (Lipinski definition) is 3. The number of imidazole rings is 1. The number of nitrogens with zero attached hydrogens (tertiary/aromatic N) is 3. The first-order chi connectivity index (χ1) is 16.0. The van der Waals surface area contributed by atoms with E-state index in [1.165, 1.54) is 0 Å². The standard InChI is InChI=1S/C25H22N6O2/c1-17-28-22-10-2-3-11-23(22)31(17)13-12-27-25(33)30-21-9-5-7-19(15-21)24(32)29-20-8-4-6-18(14-20)16-26/h2-11,14-15H,12-13H2,1H3,(H,29,32)(H2,27,30,33). The number of hydrogen-bond acceptors (Lipinski definition) is 4. The minimum atomic E-state index is -0.364. The van der Waals surface area contributed by atoms with Gasteiger partial charge in [-0.2, -0.15) is 5.26 Å². The van der Waals surface area contributed by atoms with Crippen molar-refractivity contribution in [2.45, 2.75) is 13.5 Å². The van der Waals surface area contributed by atoms with Crippen LogP contribution in [0.3, 0.4) is 0 Å². The van der Waals surface area contributed by atoms with Crippen LogP contribution in [-0.4, -0.2) is 28.0 Å². The number of amides is 3. The quantitative estimate of drug-likeness (QED) is 0.417. The molecular weight excluding hydrogens is 416 g/mol. The summed E-state index contributed by atoms with van der Waals surface area (Å²) in [5.41, 5.74) is 3.81. The first-order valence-corrected chi connectivity index (χ1v) is 10.4. The van der Waals surface area contributed by atoms with E-state index in [-0.39, 0.29) is 11.9 Å². The molecule has 0 aliphatic rings. The molecule has 0 radical (unpaired) electrons. The van der Waals surface area contributed by atoms with Gasteiger partial charge in [0, 0.05) is 30.0 Å². The fourth-order valence-corrected chi connectivity index (χ4v) is 3.54. The Morgan fingerprint density at radius 1 is 0.970 bits per heavy atom. The molecule has 8 heteroatoms. The van der Waals surface area contributed by atoms with Gasteiger partial charge in [-0.3, -0.25) is 4.79 Å². The number of nitrogens with one attached hydrogen (secondary N) is 3. The molecule has 1 heterocycles. The van der Waals surface area contributed by atoms with Crippen LogP contribution in [0, 0.1) is 18.3 Å². The smallest absolute Gasteiger partial charge is 0.319 e. The Labute approximate surface area is 190 Å². The highest BCUT2D eigenvalue weighted by Gasteiger charge is 2.10. The summed E-state index contributed by atoms with van der Waals surface area (Å²) in [5, 5.41) is 17.3. The summed E-state index contributed by atoms with van der Waals surface area (Å²) in [6.45, 7) is 2.94. The fourth-order valence-electron chi connectivity index (χ4n) is 3.54. The lowest BCUT2D eigenvalue weighted by molar-refractivity contribution is 0.102. The lowest BCUT2D eigenvalue weighted by atomic mass is 10.1. The Morgan fingerprint density at radius 2 is 1.73 bits per heavy atom. The molecule has 3 aromatic carbocycles. The first-order valence-electron chi connectivity index (χ1n) is 10.4. The number of aromatic nitrogens is 2.